The normalized spacial score (nSPS) is 14.1. The van der Waals surface area contributed by atoms with Crippen molar-refractivity contribution in [2.75, 3.05) is 36.0 Å². The summed E-state index contributed by atoms with van der Waals surface area (Å²) in [6.07, 6.45) is 1.68. The van der Waals surface area contributed by atoms with Crippen LogP contribution in [0.5, 0.6) is 0 Å². The van der Waals surface area contributed by atoms with Gasteiger partial charge in [-0.2, -0.15) is 5.26 Å². The van der Waals surface area contributed by atoms with Crippen molar-refractivity contribution < 1.29 is 11.0 Å². The smallest absolute Gasteiger partial charge is 0.129 e. The number of nitrogens with two attached hydrogens (primary N) is 1. The number of nitriles is 1. The van der Waals surface area contributed by atoms with E-state index in [-0.39, 0.29) is 5.48 Å². The maximum absolute atomic E-state index is 10.7. The second-order valence-corrected chi connectivity index (χ2v) is 5.20. The van der Waals surface area contributed by atoms with Gasteiger partial charge in [-0.05, 0) is 24.3 Å². The highest BCUT2D eigenvalue weighted by molar-refractivity contribution is 5.53. The molecule has 0 aliphatic carbocycles. The van der Waals surface area contributed by atoms with Crippen LogP contribution in [0.3, 0.4) is 0 Å². The van der Waals surface area contributed by atoms with E-state index >= 15 is 0 Å². The van der Waals surface area contributed by atoms with Gasteiger partial charge in [0, 0.05) is 50.2 Å². The third kappa shape index (κ3) is 3.76. The first-order valence-corrected chi connectivity index (χ1v) is 7.21. The van der Waals surface area contributed by atoms with Crippen LogP contribution in [0.2, 0.25) is 0 Å². The zero-order valence-electron chi connectivity index (χ0n) is 12.6. The maximum Gasteiger partial charge on any atom is 0.129 e. The second kappa shape index (κ2) is 7.56. The molecule has 0 spiro atoms. The van der Waals surface area contributed by atoms with Gasteiger partial charge in [0.1, 0.15) is 11.5 Å². The molecule has 3 rings (SSSR count). The second-order valence-electron chi connectivity index (χ2n) is 5.20. The predicted octanol–water partition coefficient (Wildman–Crippen LogP) is 0.148. The molecule has 0 saturated carbocycles. The molecule has 0 amide bonds. The molecule has 7 nitrogen and oxygen atoms in total. The standard InChI is InChI=1S/C16H17N5O.H2O/c17-12-13-5-6-18-16(11-13)21-9-7-20(8-10-21)15-3-1-14(19-22)2-4-15;/h1-6,11H,7-10,19H2;1H2. The van der Waals surface area contributed by atoms with E-state index in [1.165, 1.54) is 0 Å². The lowest BCUT2D eigenvalue weighted by Crippen LogP contribution is -2.70. The van der Waals surface area contributed by atoms with Crippen molar-refractivity contribution >= 4 is 17.2 Å². The van der Waals surface area contributed by atoms with E-state index in [0.29, 0.717) is 11.3 Å². The molecule has 1 aromatic carbocycles. The fraction of sp³-hybridized carbons (Fsp3) is 0.250. The molecule has 0 bridgehead atoms. The van der Waals surface area contributed by atoms with Gasteiger partial charge >= 0.3 is 0 Å². The van der Waals surface area contributed by atoms with E-state index < -0.39 is 0 Å². The third-order valence-corrected chi connectivity index (χ3v) is 3.87. The molecule has 0 unspecified atom stereocenters. The number of benzene rings is 1. The summed E-state index contributed by atoms with van der Waals surface area (Å²) in [5.41, 5.74) is 3.32. The van der Waals surface area contributed by atoms with Crippen molar-refractivity contribution in [3.63, 3.8) is 0 Å². The Balaban J connectivity index is 0.00000192. The average Bonchev–Trinajstić information content (AvgIpc) is 2.62. The zero-order chi connectivity index (χ0) is 15.4. The van der Waals surface area contributed by atoms with Gasteiger partial charge in [-0.25, -0.2) is 4.98 Å². The molecule has 7 heteroatoms. The number of rotatable bonds is 3. The van der Waals surface area contributed by atoms with Gasteiger partial charge in [-0.3, -0.25) is 0 Å². The van der Waals surface area contributed by atoms with E-state index in [9.17, 15) is 5.21 Å². The molecule has 1 saturated heterocycles. The van der Waals surface area contributed by atoms with Crippen molar-refractivity contribution in [2.24, 2.45) is 0 Å². The number of pyridine rings is 1. The van der Waals surface area contributed by atoms with E-state index in [1.54, 1.807) is 12.3 Å². The van der Waals surface area contributed by atoms with Crippen LogP contribution < -0.4 is 15.3 Å². The minimum absolute atomic E-state index is 0. The fourth-order valence-electron chi connectivity index (χ4n) is 2.62. The van der Waals surface area contributed by atoms with E-state index in [2.05, 4.69) is 20.9 Å². The first-order valence-electron chi connectivity index (χ1n) is 7.21. The van der Waals surface area contributed by atoms with Crippen molar-refractivity contribution in [1.29, 1.82) is 5.26 Å². The summed E-state index contributed by atoms with van der Waals surface area (Å²) in [6, 6.07) is 13.3. The Labute approximate surface area is 134 Å². The molecular weight excluding hydrogens is 294 g/mol. The lowest BCUT2D eigenvalue weighted by molar-refractivity contribution is -0.497. The van der Waals surface area contributed by atoms with Gasteiger partial charge < -0.3 is 26.0 Å². The highest BCUT2D eigenvalue weighted by Crippen LogP contribution is 2.20. The monoisotopic (exact) mass is 313 g/mol. The molecule has 0 radical (unpaired) electrons. The Morgan fingerprint density at radius 3 is 2.30 bits per heavy atom. The zero-order valence-corrected chi connectivity index (χ0v) is 12.6. The Kier molecular flexibility index (Phi) is 5.49. The molecule has 0 atom stereocenters. The Morgan fingerprint density at radius 1 is 1.04 bits per heavy atom. The van der Waals surface area contributed by atoms with Gasteiger partial charge in [-0.1, -0.05) is 0 Å². The molecule has 2 heterocycles. The minimum Gasteiger partial charge on any atom is -0.630 e. The van der Waals surface area contributed by atoms with Crippen LogP contribution in [0.15, 0.2) is 42.6 Å². The lowest BCUT2D eigenvalue weighted by atomic mass is 10.2. The Bertz CT molecular complexity index is 676. The number of aromatic nitrogens is 1. The van der Waals surface area contributed by atoms with Crippen LogP contribution in [-0.2, 0) is 0 Å². The molecule has 120 valence electrons. The lowest BCUT2D eigenvalue weighted by Gasteiger charge is -2.36. The van der Waals surface area contributed by atoms with Gasteiger partial charge in [0.15, 0.2) is 0 Å². The van der Waals surface area contributed by atoms with Gasteiger partial charge in [0.05, 0.1) is 11.6 Å². The first-order chi connectivity index (χ1) is 10.8. The van der Waals surface area contributed by atoms with Crippen molar-refractivity contribution in [2.45, 2.75) is 0 Å². The minimum atomic E-state index is 0. The highest BCUT2D eigenvalue weighted by Gasteiger charge is 2.18. The van der Waals surface area contributed by atoms with Crippen LogP contribution in [0, 0.1) is 16.5 Å². The average molecular weight is 313 g/mol. The van der Waals surface area contributed by atoms with E-state index in [4.69, 9.17) is 5.26 Å². The Morgan fingerprint density at radius 2 is 1.70 bits per heavy atom. The van der Waals surface area contributed by atoms with Crippen LogP contribution >= 0.6 is 0 Å². The van der Waals surface area contributed by atoms with Gasteiger partial charge in [-0.15, -0.1) is 0 Å². The number of quaternary nitrogens is 1. The topological polar surface area (TPSA) is 114 Å². The van der Waals surface area contributed by atoms with Crippen molar-refractivity contribution in [3.05, 3.63) is 53.4 Å². The largest absolute Gasteiger partial charge is 0.630 e. The molecular formula is C16H19N5O2. The Hall–Kier alpha value is -2.66. The third-order valence-electron chi connectivity index (χ3n) is 3.87. The first kappa shape index (κ1) is 16.7. The maximum atomic E-state index is 10.7. The number of nitrogens with zero attached hydrogens (tertiary/aromatic N) is 4. The number of hydrogen-bond acceptors (Lipinski definition) is 5. The van der Waals surface area contributed by atoms with Crippen molar-refractivity contribution in [3.8, 4) is 6.07 Å². The summed E-state index contributed by atoms with van der Waals surface area (Å²) in [5.74, 6) is 0.856. The number of anilines is 2. The van der Waals surface area contributed by atoms with Crippen LogP contribution in [0.25, 0.3) is 0 Å². The summed E-state index contributed by atoms with van der Waals surface area (Å²) in [6.45, 7) is 3.49. The van der Waals surface area contributed by atoms with E-state index in [1.807, 2.05) is 30.3 Å². The van der Waals surface area contributed by atoms with Crippen molar-refractivity contribution in [1.82, 2.24) is 4.98 Å². The molecule has 23 heavy (non-hydrogen) atoms. The van der Waals surface area contributed by atoms with Crippen LogP contribution in [0.4, 0.5) is 17.2 Å². The summed E-state index contributed by atoms with van der Waals surface area (Å²) < 4.78 is 0. The molecule has 1 fully saturated rings. The molecule has 1 aliphatic rings. The molecule has 2 aromatic rings. The molecule has 1 aromatic heterocycles. The summed E-state index contributed by atoms with van der Waals surface area (Å²) in [4.78, 5) is 8.83. The highest BCUT2D eigenvalue weighted by atomic mass is 16.5. The van der Waals surface area contributed by atoms with Crippen LogP contribution in [0.1, 0.15) is 5.56 Å². The number of hydrogen-bond donors (Lipinski definition) is 1. The summed E-state index contributed by atoms with van der Waals surface area (Å²) in [5, 5.41) is 19.7. The quantitative estimate of drug-likeness (QED) is 0.640. The fourth-order valence-corrected chi connectivity index (χ4v) is 2.62. The van der Waals surface area contributed by atoms with Gasteiger partial charge in [0.2, 0.25) is 0 Å². The van der Waals surface area contributed by atoms with E-state index in [0.717, 1.165) is 43.2 Å². The molecule has 1 aliphatic heterocycles. The number of piperazine rings is 1. The SMILES string of the molecule is N#Cc1ccnc(N2CCN(c3ccc([NH2+][O-])cc3)CC2)c1.O. The molecule has 4 N–H and O–H groups in total. The van der Waals surface area contributed by atoms with Gasteiger partial charge in [0.25, 0.3) is 0 Å². The summed E-state index contributed by atoms with van der Waals surface area (Å²) >= 11 is 0. The summed E-state index contributed by atoms with van der Waals surface area (Å²) in [7, 11) is 0. The van der Waals surface area contributed by atoms with Crippen LogP contribution in [-0.4, -0.2) is 36.6 Å². The predicted molar refractivity (Wildman–Crippen MR) is 88.4 cm³/mol.